The molecule has 1 amide bonds. The van der Waals surface area contributed by atoms with Crippen LogP contribution >= 0.6 is 23.2 Å². The fraction of sp³-hybridized carbons (Fsp3) is 0.182. The van der Waals surface area contributed by atoms with E-state index in [1.807, 2.05) is 35.2 Å². The number of ether oxygens (including phenoxy) is 1. The molecule has 0 bridgehead atoms. The molecule has 32 heavy (non-hydrogen) atoms. The lowest BCUT2D eigenvalue weighted by Crippen LogP contribution is -2.38. The Morgan fingerprint density at radius 1 is 1.12 bits per heavy atom. The molecule has 0 spiro atoms. The van der Waals surface area contributed by atoms with Gasteiger partial charge in [0.2, 0.25) is 5.95 Å². The number of fused-ring (bicyclic) bond motifs is 1. The van der Waals surface area contributed by atoms with Crippen molar-refractivity contribution in [2.75, 3.05) is 36.5 Å². The van der Waals surface area contributed by atoms with E-state index >= 15 is 0 Å². The average Bonchev–Trinajstić information content (AvgIpc) is 3.38. The van der Waals surface area contributed by atoms with Crippen LogP contribution < -0.4 is 10.2 Å². The Labute approximate surface area is 193 Å². The number of para-hydroxylation sites is 1. The Morgan fingerprint density at radius 2 is 1.88 bits per heavy atom. The van der Waals surface area contributed by atoms with Crippen molar-refractivity contribution >= 4 is 51.9 Å². The third kappa shape index (κ3) is 3.41. The number of halogens is 2. The number of morpholine rings is 1. The van der Waals surface area contributed by atoms with E-state index in [-0.39, 0.29) is 17.0 Å². The summed E-state index contributed by atoms with van der Waals surface area (Å²) in [7, 11) is 0. The number of amides is 1. The predicted molar refractivity (Wildman–Crippen MR) is 122 cm³/mol. The Balaban J connectivity index is 1.76. The van der Waals surface area contributed by atoms with Crippen molar-refractivity contribution in [3.63, 3.8) is 0 Å². The molecular formula is C22H16Cl2N6O2. The molecule has 0 atom stereocenters. The first-order chi connectivity index (χ1) is 15.6. The number of hydrogen-bond donors (Lipinski definition) is 1. The number of nitriles is 1. The van der Waals surface area contributed by atoms with E-state index in [1.54, 1.807) is 16.7 Å². The number of allylic oxidation sites excluding steroid dienone is 1. The minimum absolute atomic E-state index is 0.0791. The van der Waals surface area contributed by atoms with E-state index in [1.165, 1.54) is 0 Å². The summed E-state index contributed by atoms with van der Waals surface area (Å²) in [5.41, 5.74) is 1.88. The molecule has 1 aromatic heterocycles. The van der Waals surface area contributed by atoms with Gasteiger partial charge in [-0.05, 0) is 24.3 Å². The van der Waals surface area contributed by atoms with Crippen molar-refractivity contribution in [1.29, 1.82) is 5.26 Å². The molecule has 5 rings (SSSR count). The van der Waals surface area contributed by atoms with Gasteiger partial charge in [-0.15, -0.1) is 10.2 Å². The maximum atomic E-state index is 12.9. The topological polar surface area (TPSA) is 96.1 Å². The molecule has 0 saturated carbocycles. The number of anilines is 2. The van der Waals surface area contributed by atoms with Crippen molar-refractivity contribution in [2.24, 2.45) is 0 Å². The predicted octanol–water partition coefficient (Wildman–Crippen LogP) is 3.80. The van der Waals surface area contributed by atoms with Crippen LogP contribution in [0.3, 0.4) is 0 Å². The minimum Gasteiger partial charge on any atom is -0.378 e. The van der Waals surface area contributed by atoms with Crippen LogP contribution in [-0.2, 0) is 9.53 Å². The molecule has 3 heterocycles. The second-order valence-electron chi connectivity index (χ2n) is 7.22. The number of rotatable bonds is 3. The summed E-state index contributed by atoms with van der Waals surface area (Å²) in [6.07, 6.45) is 0. The quantitative estimate of drug-likeness (QED) is 0.465. The molecule has 8 nitrogen and oxygen atoms in total. The second kappa shape index (κ2) is 8.28. The molecule has 10 heteroatoms. The highest BCUT2D eigenvalue weighted by Gasteiger charge is 2.33. The molecule has 2 aromatic carbocycles. The highest BCUT2D eigenvalue weighted by Crippen LogP contribution is 2.42. The monoisotopic (exact) mass is 466 g/mol. The molecule has 0 aliphatic carbocycles. The van der Waals surface area contributed by atoms with Gasteiger partial charge in [0.1, 0.15) is 11.6 Å². The summed E-state index contributed by atoms with van der Waals surface area (Å²) in [5, 5.41) is 22.3. The first-order valence-electron chi connectivity index (χ1n) is 9.87. The van der Waals surface area contributed by atoms with Gasteiger partial charge in [0, 0.05) is 23.7 Å². The van der Waals surface area contributed by atoms with Crippen molar-refractivity contribution in [3.8, 4) is 11.8 Å². The molecule has 3 aromatic rings. The molecule has 2 aliphatic heterocycles. The Kier molecular flexibility index (Phi) is 5.31. The summed E-state index contributed by atoms with van der Waals surface area (Å²) in [6.45, 7) is 2.40. The van der Waals surface area contributed by atoms with Crippen molar-refractivity contribution < 1.29 is 9.53 Å². The summed E-state index contributed by atoms with van der Waals surface area (Å²) in [5.74, 6) is 0.385. The standard InChI is InChI=1S/C22H16Cl2N6O2/c23-13-10-15-18(21(31)26-19(15)17(24)11-13)16(12-25)20-27-28-22(29-6-8-32-9-7-29)30(20)14-4-2-1-3-5-14/h1-5,10-11H,6-9H2,(H,26,31). The van der Waals surface area contributed by atoms with Crippen LogP contribution in [0.15, 0.2) is 42.5 Å². The first-order valence-corrected chi connectivity index (χ1v) is 10.6. The zero-order valence-electron chi connectivity index (χ0n) is 16.7. The number of hydrogen-bond acceptors (Lipinski definition) is 6. The lowest BCUT2D eigenvalue weighted by Gasteiger charge is -2.28. The molecule has 0 unspecified atom stereocenters. The van der Waals surface area contributed by atoms with Crippen LogP contribution in [0.4, 0.5) is 11.6 Å². The fourth-order valence-electron chi connectivity index (χ4n) is 3.88. The van der Waals surface area contributed by atoms with E-state index < -0.39 is 5.91 Å². The van der Waals surface area contributed by atoms with Crippen molar-refractivity contribution in [1.82, 2.24) is 14.8 Å². The smallest absolute Gasteiger partial charge is 0.257 e. The minimum atomic E-state index is -0.448. The first kappa shape index (κ1) is 20.5. The van der Waals surface area contributed by atoms with Gasteiger partial charge < -0.3 is 15.0 Å². The highest BCUT2D eigenvalue weighted by molar-refractivity contribution is 6.44. The van der Waals surface area contributed by atoms with Crippen LogP contribution in [0.5, 0.6) is 0 Å². The lowest BCUT2D eigenvalue weighted by atomic mass is 10.0. The van der Waals surface area contributed by atoms with Crippen LogP contribution in [0.2, 0.25) is 10.0 Å². The van der Waals surface area contributed by atoms with Crippen LogP contribution in [0, 0.1) is 11.3 Å². The zero-order valence-corrected chi connectivity index (χ0v) is 18.2. The summed E-state index contributed by atoms with van der Waals surface area (Å²) in [4.78, 5) is 15.0. The van der Waals surface area contributed by atoms with Gasteiger partial charge in [0.25, 0.3) is 5.91 Å². The molecular weight excluding hydrogens is 451 g/mol. The molecule has 160 valence electrons. The second-order valence-corrected chi connectivity index (χ2v) is 8.06. The molecule has 2 aliphatic rings. The third-order valence-electron chi connectivity index (χ3n) is 5.33. The van der Waals surface area contributed by atoms with E-state index in [0.29, 0.717) is 53.5 Å². The van der Waals surface area contributed by atoms with E-state index in [4.69, 9.17) is 27.9 Å². The van der Waals surface area contributed by atoms with E-state index in [0.717, 1.165) is 5.69 Å². The largest absolute Gasteiger partial charge is 0.378 e. The maximum absolute atomic E-state index is 12.9. The van der Waals surface area contributed by atoms with Gasteiger partial charge in [0.05, 0.1) is 35.2 Å². The Morgan fingerprint density at radius 3 is 2.59 bits per heavy atom. The molecule has 1 N–H and O–H groups in total. The summed E-state index contributed by atoms with van der Waals surface area (Å²) >= 11 is 12.5. The Hall–Kier alpha value is -3.38. The van der Waals surface area contributed by atoms with Crippen LogP contribution in [0.25, 0.3) is 16.8 Å². The van der Waals surface area contributed by atoms with Crippen LogP contribution in [0.1, 0.15) is 11.4 Å². The Bertz CT molecular complexity index is 1290. The number of carbonyl (C=O) groups is 1. The summed E-state index contributed by atoms with van der Waals surface area (Å²) < 4.78 is 7.25. The lowest BCUT2D eigenvalue weighted by molar-refractivity contribution is -0.110. The molecule has 1 saturated heterocycles. The van der Waals surface area contributed by atoms with Gasteiger partial charge in [-0.2, -0.15) is 5.26 Å². The number of carbonyl (C=O) groups excluding carboxylic acids is 1. The molecule has 0 radical (unpaired) electrons. The highest BCUT2D eigenvalue weighted by atomic mass is 35.5. The molecule has 1 fully saturated rings. The van der Waals surface area contributed by atoms with Gasteiger partial charge >= 0.3 is 0 Å². The number of aromatic nitrogens is 3. The maximum Gasteiger partial charge on any atom is 0.257 e. The zero-order chi connectivity index (χ0) is 22.2. The van der Waals surface area contributed by atoms with Gasteiger partial charge in [0.15, 0.2) is 5.82 Å². The van der Waals surface area contributed by atoms with Gasteiger partial charge in [-0.3, -0.25) is 9.36 Å². The average molecular weight is 467 g/mol. The van der Waals surface area contributed by atoms with Gasteiger partial charge in [-0.1, -0.05) is 41.4 Å². The number of benzene rings is 2. The third-order valence-corrected chi connectivity index (χ3v) is 5.85. The van der Waals surface area contributed by atoms with Gasteiger partial charge in [-0.25, -0.2) is 0 Å². The summed E-state index contributed by atoms with van der Waals surface area (Å²) in [6, 6.07) is 14.8. The SMILES string of the molecule is N#CC(=C1C(=O)Nc2c(Cl)cc(Cl)cc21)c1nnc(N2CCOCC2)n1-c1ccccc1. The number of nitrogens with zero attached hydrogens (tertiary/aromatic N) is 5. The van der Waals surface area contributed by atoms with E-state index in [9.17, 15) is 10.1 Å². The van der Waals surface area contributed by atoms with E-state index in [2.05, 4.69) is 21.6 Å². The normalized spacial score (nSPS) is 17.0. The fourth-order valence-corrected chi connectivity index (χ4v) is 4.42. The van der Waals surface area contributed by atoms with Crippen LogP contribution in [-0.4, -0.2) is 47.0 Å². The van der Waals surface area contributed by atoms with Crippen molar-refractivity contribution in [3.05, 3.63) is 63.9 Å². The van der Waals surface area contributed by atoms with Crippen molar-refractivity contribution in [2.45, 2.75) is 0 Å². The number of nitrogens with one attached hydrogen (secondary N) is 1.